The SMILES string of the molecule is Cc1ccc(S(=O)(=O)NC2(c3ccc(Cl)c(Cl)c3)CC2)s1. The van der Waals surface area contributed by atoms with E-state index in [-0.39, 0.29) is 0 Å². The molecule has 0 radical (unpaired) electrons. The van der Waals surface area contributed by atoms with Crippen LogP contribution in [0.1, 0.15) is 23.3 Å². The van der Waals surface area contributed by atoms with Crippen molar-refractivity contribution in [1.82, 2.24) is 4.72 Å². The van der Waals surface area contributed by atoms with E-state index in [0.29, 0.717) is 14.3 Å². The van der Waals surface area contributed by atoms with Crippen molar-refractivity contribution in [1.29, 1.82) is 0 Å². The van der Waals surface area contributed by atoms with Crippen LogP contribution >= 0.6 is 34.5 Å². The Labute approximate surface area is 137 Å². The molecule has 1 fully saturated rings. The van der Waals surface area contributed by atoms with Crippen LogP contribution in [-0.2, 0) is 15.6 Å². The van der Waals surface area contributed by atoms with Crippen molar-refractivity contribution >= 4 is 44.6 Å². The van der Waals surface area contributed by atoms with Crippen molar-refractivity contribution in [3.63, 3.8) is 0 Å². The van der Waals surface area contributed by atoms with Gasteiger partial charge in [0.05, 0.1) is 15.6 Å². The van der Waals surface area contributed by atoms with E-state index in [1.807, 2.05) is 13.0 Å². The van der Waals surface area contributed by atoms with Crippen molar-refractivity contribution < 1.29 is 8.42 Å². The van der Waals surface area contributed by atoms with Gasteiger partial charge in [-0.3, -0.25) is 0 Å². The summed E-state index contributed by atoms with van der Waals surface area (Å²) in [7, 11) is -3.51. The van der Waals surface area contributed by atoms with Crippen molar-refractivity contribution in [2.45, 2.75) is 29.5 Å². The summed E-state index contributed by atoms with van der Waals surface area (Å²) in [6.45, 7) is 1.88. The number of halogens is 2. The van der Waals surface area contributed by atoms with Crippen LogP contribution in [0.3, 0.4) is 0 Å². The Bertz CT molecular complexity index is 795. The van der Waals surface area contributed by atoms with Crippen LogP contribution in [-0.4, -0.2) is 8.42 Å². The van der Waals surface area contributed by atoms with Gasteiger partial charge in [-0.1, -0.05) is 29.3 Å². The van der Waals surface area contributed by atoms with E-state index in [9.17, 15) is 8.42 Å². The van der Waals surface area contributed by atoms with Gasteiger partial charge in [0, 0.05) is 4.88 Å². The predicted molar refractivity (Wildman–Crippen MR) is 86.8 cm³/mol. The van der Waals surface area contributed by atoms with Crippen molar-refractivity contribution in [2.75, 3.05) is 0 Å². The maximum Gasteiger partial charge on any atom is 0.250 e. The zero-order valence-corrected chi connectivity index (χ0v) is 14.3. The van der Waals surface area contributed by atoms with Gasteiger partial charge in [-0.25, -0.2) is 8.42 Å². The van der Waals surface area contributed by atoms with Gasteiger partial charge >= 0.3 is 0 Å². The van der Waals surface area contributed by atoms with Gasteiger partial charge in [0.2, 0.25) is 0 Å². The number of sulfonamides is 1. The van der Waals surface area contributed by atoms with Crippen LogP contribution in [0.2, 0.25) is 10.0 Å². The molecule has 112 valence electrons. The van der Waals surface area contributed by atoms with Gasteiger partial charge < -0.3 is 0 Å². The molecule has 1 N–H and O–H groups in total. The maximum absolute atomic E-state index is 12.5. The lowest BCUT2D eigenvalue weighted by Crippen LogP contribution is -2.34. The molecule has 0 spiro atoms. The number of hydrogen-bond acceptors (Lipinski definition) is 3. The minimum Gasteiger partial charge on any atom is -0.206 e. The topological polar surface area (TPSA) is 46.2 Å². The summed E-state index contributed by atoms with van der Waals surface area (Å²) in [5.41, 5.74) is 0.305. The average Bonchev–Trinajstić information content (AvgIpc) is 3.03. The van der Waals surface area contributed by atoms with E-state index in [2.05, 4.69) is 4.72 Å². The lowest BCUT2D eigenvalue weighted by atomic mass is 10.1. The molecule has 1 aromatic carbocycles. The van der Waals surface area contributed by atoms with Gasteiger partial charge in [-0.05, 0) is 49.6 Å². The molecule has 0 saturated heterocycles. The molecule has 0 unspecified atom stereocenters. The molecule has 0 amide bonds. The number of hydrogen-bond donors (Lipinski definition) is 1. The highest BCUT2D eigenvalue weighted by atomic mass is 35.5. The number of rotatable bonds is 4. The highest BCUT2D eigenvalue weighted by molar-refractivity contribution is 7.91. The van der Waals surface area contributed by atoms with Gasteiger partial charge in [-0.15, -0.1) is 11.3 Å². The van der Waals surface area contributed by atoms with Crippen molar-refractivity contribution in [3.8, 4) is 0 Å². The molecule has 1 heterocycles. The third-order valence-electron chi connectivity index (χ3n) is 3.53. The van der Waals surface area contributed by atoms with Crippen molar-refractivity contribution in [3.05, 3.63) is 50.8 Å². The van der Waals surface area contributed by atoms with Crippen LogP contribution in [0.15, 0.2) is 34.5 Å². The fraction of sp³-hybridized carbons (Fsp3) is 0.286. The second-order valence-electron chi connectivity index (χ2n) is 5.18. The molecule has 3 rings (SSSR count). The summed E-state index contributed by atoms with van der Waals surface area (Å²) in [6.07, 6.45) is 1.52. The van der Waals surface area contributed by atoms with E-state index in [4.69, 9.17) is 23.2 Å². The predicted octanol–water partition coefficient (Wildman–Crippen LogP) is 4.33. The lowest BCUT2D eigenvalue weighted by molar-refractivity contribution is 0.553. The highest BCUT2D eigenvalue weighted by Crippen LogP contribution is 2.47. The minimum atomic E-state index is -3.51. The van der Waals surface area contributed by atoms with Gasteiger partial charge in [-0.2, -0.15) is 4.72 Å². The zero-order valence-electron chi connectivity index (χ0n) is 11.2. The Hall–Kier alpha value is -0.590. The summed E-state index contributed by atoms with van der Waals surface area (Å²) >= 11 is 13.2. The molecule has 0 aliphatic heterocycles. The van der Waals surface area contributed by atoms with Crippen LogP contribution in [0, 0.1) is 6.92 Å². The van der Waals surface area contributed by atoms with E-state index in [0.717, 1.165) is 23.3 Å². The number of nitrogens with one attached hydrogen (secondary N) is 1. The highest BCUT2D eigenvalue weighted by Gasteiger charge is 2.48. The number of aryl methyl sites for hydroxylation is 1. The minimum absolute atomic E-state index is 0.339. The second-order valence-corrected chi connectivity index (χ2v) is 9.19. The van der Waals surface area contributed by atoms with E-state index < -0.39 is 15.6 Å². The summed E-state index contributed by atoms with van der Waals surface area (Å²) in [5.74, 6) is 0. The Morgan fingerprint density at radius 2 is 1.86 bits per heavy atom. The van der Waals surface area contributed by atoms with Gasteiger partial charge in [0.25, 0.3) is 10.0 Å². The maximum atomic E-state index is 12.5. The zero-order chi connectivity index (χ0) is 15.3. The van der Waals surface area contributed by atoms with Crippen LogP contribution in [0.4, 0.5) is 0 Å². The third kappa shape index (κ3) is 2.98. The molecule has 2 aromatic rings. The first kappa shape index (κ1) is 15.3. The Morgan fingerprint density at radius 1 is 1.14 bits per heavy atom. The fourth-order valence-corrected chi connectivity index (χ4v) is 5.26. The molecule has 0 bridgehead atoms. The molecule has 1 saturated carbocycles. The molecule has 1 aromatic heterocycles. The van der Waals surface area contributed by atoms with Crippen LogP contribution in [0.25, 0.3) is 0 Å². The first-order valence-corrected chi connectivity index (χ1v) is 9.44. The Morgan fingerprint density at radius 3 is 2.38 bits per heavy atom. The monoisotopic (exact) mass is 361 g/mol. The van der Waals surface area contributed by atoms with E-state index in [1.165, 1.54) is 11.3 Å². The summed E-state index contributed by atoms with van der Waals surface area (Å²) in [4.78, 5) is 0.967. The first-order valence-electron chi connectivity index (χ1n) is 6.38. The fourth-order valence-electron chi connectivity index (χ4n) is 2.23. The summed E-state index contributed by atoms with van der Waals surface area (Å²) in [5, 5.41) is 0.902. The third-order valence-corrected chi connectivity index (χ3v) is 7.30. The summed E-state index contributed by atoms with van der Waals surface area (Å²) < 4.78 is 28.1. The lowest BCUT2D eigenvalue weighted by Gasteiger charge is -2.18. The quantitative estimate of drug-likeness (QED) is 0.880. The molecule has 1 aliphatic carbocycles. The molecule has 7 heteroatoms. The second kappa shape index (κ2) is 5.25. The standard InChI is InChI=1S/C14H13Cl2NO2S2/c1-9-2-5-13(20-9)21(18,19)17-14(6-7-14)10-3-4-11(15)12(16)8-10/h2-5,8,17H,6-7H2,1H3. The average molecular weight is 362 g/mol. The van der Waals surface area contributed by atoms with E-state index >= 15 is 0 Å². The first-order chi connectivity index (χ1) is 9.82. The smallest absolute Gasteiger partial charge is 0.206 e. The normalized spacial score (nSPS) is 16.9. The van der Waals surface area contributed by atoms with Gasteiger partial charge in [0.1, 0.15) is 4.21 Å². The van der Waals surface area contributed by atoms with Gasteiger partial charge in [0.15, 0.2) is 0 Å². The molecule has 0 atom stereocenters. The number of thiophene rings is 1. The van der Waals surface area contributed by atoms with Crippen LogP contribution in [0.5, 0.6) is 0 Å². The van der Waals surface area contributed by atoms with Crippen LogP contribution < -0.4 is 4.72 Å². The molecule has 1 aliphatic rings. The molecule has 21 heavy (non-hydrogen) atoms. The Balaban J connectivity index is 1.91. The molecule has 3 nitrogen and oxygen atoms in total. The molecular formula is C14H13Cl2NO2S2. The largest absolute Gasteiger partial charge is 0.250 e. The Kier molecular flexibility index (Phi) is 3.83. The number of benzene rings is 1. The van der Waals surface area contributed by atoms with E-state index in [1.54, 1.807) is 24.3 Å². The summed E-state index contributed by atoms with van der Waals surface area (Å²) in [6, 6.07) is 8.69. The van der Waals surface area contributed by atoms with Crippen molar-refractivity contribution in [2.24, 2.45) is 0 Å². The molecular weight excluding hydrogens is 349 g/mol.